The summed E-state index contributed by atoms with van der Waals surface area (Å²) in [4.78, 5) is 11.8. The fraction of sp³-hybridized carbons (Fsp3) is 0.923. The van der Waals surface area contributed by atoms with Crippen LogP contribution in [0.15, 0.2) is 0 Å². The van der Waals surface area contributed by atoms with Crippen LogP contribution in [0, 0.1) is 5.41 Å². The first-order valence-corrected chi connectivity index (χ1v) is 8.71. The minimum Gasteiger partial charge on any atom is -0.387 e. The number of sulfone groups is 1. The highest BCUT2D eigenvalue weighted by Crippen LogP contribution is 2.50. The zero-order chi connectivity index (χ0) is 15.8. The Kier molecular flexibility index (Phi) is 4.88. The number of aliphatic hydroxyl groups is 1. The molecule has 0 heterocycles. The van der Waals surface area contributed by atoms with Gasteiger partial charge in [-0.1, -0.05) is 13.8 Å². The lowest BCUT2D eigenvalue weighted by Crippen LogP contribution is -2.69. The Hall–Kier alpha value is -0.660. The SMILES string of the molecule is CCO[C@@H]1C[C@](O)(CNC(=O)[C@@H](C)S(C)(=O)=O)C1(C)C. The summed E-state index contributed by atoms with van der Waals surface area (Å²) in [5.41, 5.74) is -1.55. The van der Waals surface area contributed by atoms with E-state index in [1.54, 1.807) is 0 Å². The van der Waals surface area contributed by atoms with Gasteiger partial charge in [0.2, 0.25) is 5.91 Å². The fourth-order valence-corrected chi connectivity index (χ4v) is 2.81. The normalized spacial score (nSPS) is 30.4. The quantitative estimate of drug-likeness (QED) is 0.726. The summed E-state index contributed by atoms with van der Waals surface area (Å²) in [7, 11) is -3.42. The maximum Gasteiger partial charge on any atom is 0.238 e. The van der Waals surface area contributed by atoms with E-state index >= 15 is 0 Å². The molecule has 1 aliphatic carbocycles. The Morgan fingerprint density at radius 1 is 1.50 bits per heavy atom. The van der Waals surface area contributed by atoms with Crippen LogP contribution in [-0.4, -0.2) is 55.8 Å². The number of carbonyl (C=O) groups excluding carboxylic acids is 1. The van der Waals surface area contributed by atoms with Crippen molar-refractivity contribution < 1.29 is 23.1 Å². The van der Waals surface area contributed by atoms with E-state index in [9.17, 15) is 18.3 Å². The van der Waals surface area contributed by atoms with Gasteiger partial charge in [0, 0.05) is 31.2 Å². The summed E-state index contributed by atoms with van der Waals surface area (Å²) in [6.07, 6.45) is 1.40. The van der Waals surface area contributed by atoms with Crippen LogP contribution in [0.1, 0.15) is 34.1 Å². The number of carbonyl (C=O) groups is 1. The van der Waals surface area contributed by atoms with Crippen molar-refractivity contribution in [2.75, 3.05) is 19.4 Å². The average Bonchev–Trinajstić information content (AvgIpc) is 2.33. The van der Waals surface area contributed by atoms with Gasteiger partial charge in [-0.2, -0.15) is 0 Å². The molecule has 0 aromatic rings. The van der Waals surface area contributed by atoms with Crippen molar-refractivity contribution >= 4 is 15.7 Å². The smallest absolute Gasteiger partial charge is 0.238 e. The number of amides is 1. The standard InChI is InChI=1S/C13H25NO5S/c1-6-19-10-7-13(16,12(10,3)4)8-14-11(15)9(2)20(5,17)18/h9-10,16H,6-8H2,1-5H3,(H,14,15)/t9-,10-,13+/m1/s1. The van der Waals surface area contributed by atoms with E-state index in [2.05, 4.69) is 5.32 Å². The van der Waals surface area contributed by atoms with Gasteiger partial charge >= 0.3 is 0 Å². The number of hydrogen-bond donors (Lipinski definition) is 2. The van der Waals surface area contributed by atoms with E-state index in [1.165, 1.54) is 6.92 Å². The molecule has 1 aliphatic rings. The van der Waals surface area contributed by atoms with Crippen LogP contribution in [0.5, 0.6) is 0 Å². The maximum atomic E-state index is 11.8. The topological polar surface area (TPSA) is 92.7 Å². The summed E-state index contributed by atoms with van der Waals surface area (Å²) in [5, 5.41) is 11.9. The van der Waals surface area contributed by atoms with Gasteiger partial charge in [0.25, 0.3) is 0 Å². The number of nitrogens with one attached hydrogen (secondary N) is 1. The monoisotopic (exact) mass is 307 g/mol. The third kappa shape index (κ3) is 3.15. The van der Waals surface area contributed by atoms with Crippen molar-refractivity contribution in [2.45, 2.75) is 51.1 Å². The second kappa shape index (κ2) is 5.61. The second-order valence-corrected chi connectivity index (χ2v) is 8.46. The highest BCUT2D eigenvalue weighted by molar-refractivity contribution is 7.92. The Balaban J connectivity index is 2.61. The lowest BCUT2D eigenvalue weighted by Gasteiger charge is -2.58. The number of ether oxygens (including phenoxy) is 1. The van der Waals surface area contributed by atoms with E-state index in [4.69, 9.17) is 4.74 Å². The Morgan fingerprint density at radius 3 is 2.45 bits per heavy atom. The lowest BCUT2D eigenvalue weighted by molar-refractivity contribution is -0.238. The molecule has 1 rings (SSSR count). The van der Waals surface area contributed by atoms with Gasteiger partial charge in [-0.3, -0.25) is 4.79 Å². The van der Waals surface area contributed by atoms with Gasteiger partial charge in [-0.25, -0.2) is 8.42 Å². The molecule has 0 aromatic carbocycles. The highest BCUT2D eigenvalue weighted by Gasteiger charge is 2.60. The number of rotatable bonds is 6. The van der Waals surface area contributed by atoms with Gasteiger partial charge in [-0.15, -0.1) is 0 Å². The average molecular weight is 307 g/mol. The molecule has 118 valence electrons. The fourth-order valence-electron chi connectivity index (χ4n) is 2.33. The van der Waals surface area contributed by atoms with Crippen molar-refractivity contribution in [1.82, 2.24) is 5.32 Å². The molecule has 1 fully saturated rings. The molecule has 0 unspecified atom stereocenters. The number of hydrogen-bond acceptors (Lipinski definition) is 5. The van der Waals surface area contributed by atoms with Crippen LogP contribution in [0.25, 0.3) is 0 Å². The summed E-state index contributed by atoms with van der Waals surface area (Å²) in [5.74, 6) is -0.586. The predicted molar refractivity (Wildman–Crippen MR) is 76.1 cm³/mol. The van der Waals surface area contributed by atoms with E-state index < -0.39 is 32.0 Å². The molecular formula is C13H25NO5S. The van der Waals surface area contributed by atoms with Crippen molar-refractivity contribution in [3.8, 4) is 0 Å². The molecule has 0 spiro atoms. The molecule has 6 nitrogen and oxygen atoms in total. The van der Waals surface area contributed by atoms with Crippen LogP contribution in [0.3, 0.4) is 0 Å². The van der Waals surface area contributed by atoms with Crippen LogP contribution in [0.4, 0.5) is 0 Å². The first kappa shape index (κ1) is 17.4. The second-order valence-electron chi connectivity index (χ2n) is 6.09. The van der Waals surface area contributed by atoms with Gasteiger partial charge in [-0.05, 0) is 13.8 Å². The third-order valence-electron chi connectivity index (χ3n) is 4.46. The van der Waals surface area contributed by atoms with E-state index in [-0.39, 0.29) is 12.6 Å². The third-order valence-corrected chi connectivity index (χ3v) is 5.96. The molecule has 0 saturated heterocycles. The predicted octanol–water partition coefficient (Wildman–Crippen LogP) is 0.102. The molecule has 3 atom stereocenters. The van der Waals surface area contributed by atoms with Gasteiger partial charge in [0.05, 0.1) is 11.7 Å². The van der Waals surface area contributed by atoms with Gasteiger partial charge < -0.3 is 15.2 Å². The maximum absolute atomic E-state index is 11.8. The minimum absolute atomic E-state index is 0.0300. The summed E-state index contributed by atoms with van der Waals surface area (Å²) < 4.78 is 28.1. The molecule has 1 saturated carbocycles. The molecule has 0 aliphatic heterocycles. The minimum atomic E-state index is -3.42. The zero-order valence-corrected chi connectivity index (χ0v) is 13.6. The molecule has 2 N–H and O–H groups in total. The van der Waals surface area contributed by atoms with E-state index in [1.807, 2.05) is 20.8 Å². The van der Waals surface area contributed by atoms with Crippen molar-refractivity contribution in [1.29, 1.82) is 0 Å². The molecular weight excluding hydrogens is 282 g/mol. The van der Waals surface area contributed by atoms with E-state index in [0.717, 1.165) is 6.26 Å². The van der Waals surface area contributed by atoms with Crippen LogP contribution in [0.2, 0.25) is 0 Å². The Morgan fingerprint density at radius 2 is 2.05 bits per heavy atom. The van der Waals surface area contributed by atoms with Gasteiger partial charge in [0.1, 0.15) is 5.25 Å². The molecule has 20 heavy (non-hydrogen) atoms. The Bertz CT molecular complexity index is 473. The summed E-state index contributed by atoms with van der Waals surface area (Å²) >= 11 is 0. The van der Waals surface area contributed by atoms with Crippen LogP contribution in [-0.2, 0) is 19.4 Å². The molecule has 0 bridgehead atoms. The van der Waals surface area contributed by atoms with Crippen LogP contribution < -0.4 is 5.32 Å². The molecule has 0 radical (unpaired) electrons. The summed E-state index contributed by atoms with van der Waals surface area (Å²) in [6.45, 7) is 7.59. The molecule has 1 amide bonds. The Labute approximate surface area is 120 Å². The largest absolute Gasteiger partial charge is 0.387 e. The van der Waals surface area contributed by atoms with Crippen molar-refractivity contribution in [2.24, 2.45) is 5.41 Å². The zero-order valence-electron chi connectivity index (χ0n) is 12.8. The summed E-state index contributed by atoms with van der Waals surface area (Å²) in [6, 6.07) is 0. The van der Waals surface area contributed by atoms with Crippen molar-refractivity contribution in [3.63, 3.8) is 0 Å². The first-order chi connectivity index (χ1) is 8.95. The van der Waals surface area contributed by atoms with E-state index in [0.29, 0.717) is 13.0 Å². The van der Waals surface area contributed by atoms with Gasteiger partial charge in [0.15, 0.2) is 9.84 Å². The molecule has 0 aromatic heterocycles. The first-order valence-electron chi connectivity index (χ1n) is 6.76. The molecule has 7 heteroatoms. The van der Waals surface area contributed by atoms with Crippen LogP contribution >= 0.6 is 0 Å². The van der Waals surface area contributed by atoms with Crippen molar-refractivity contribution in [3.05, 3.63) is 0 Å². The lowest BCUT2D eigenvalue weighted by atomic mass is 9.56. The highest BCUT2D eigenvalue weighted by atomic mass is 32.2.